The average molecular weight is 425 g/mol. The number of benzene rings is 2. The van der Waals surface area contributed by atoms with E-state index in [1.807, 2.05) is 19.1 Å². The van der Waals surface area contributed by atoms with E-state index in [0.29, 0.717) is 29.5 Å². The number of fused-ring (bicyclic) bond motifs is 1. The van der Waals surface area contributed by atoms with Crippen LogP contribution in [0.3, 0.4) is 0 Å². The summed E-state index contributed by atoms with van der Waals surface area (Å²) >= 11 is 5.92. The van der Waals surface area contributed by atoms with Gasteiger partial charge in [0.2, 0.25) is 11.7 Å². The molecular formula is C21H21ClN6O2. The Bertz CT molecular complexity index is 1100. The van der Waals surface area contributed by atoms with Gasteiger partial charge in [-0.2, -0.15) is 4.80 Å². The van der Waals surface area contributed by atoms with Crippen molar-refractivity contribution in [2.45, 2.75) is 32.7 Å². The van der Waals surface area contributed by atoms with Gasteiger partial charge in [0, 0.05) is 35.4 Å². The van der Waals surface area contributed by atoms with Gasteiger partial charge in [0.15, 0.2) is 6.04 Å². The van der Waals surface area contributed by atoms with E-state index in [0.717, 1.165) is 23.2 Å². The fraction of sp³-hybridized carbons (Fsp3) is 0.286. The Morgan fingerprint density at radius 1 is 1.20 bits per heavy atom. The minimum absolute atomic E-state index is 0.0188. The van der Waals surface area contributed by atoms with E-state index < -0.39 is 6.04 Å². The van der Waals surface area contributed by atoms with Crippen LogP contribution in [0, 0.1) is 0 Å². The Kier molecular flexibility index (Phi) is 5.50. The monoisotopic (exact) mass is 424 g/mol. The summed E-state index contributed by atoms with van der Waals surface area (Å²) in [6.45, 7) is 4.11. The molecule has 3 aromatic rings. The number of carbonyl (C=O) groups excluding carboxylic acids is 2. The number of nitrogens with one attached hydrogen (secondary N) is 1. The molecule has 2 heterocycles. The first kappa shape index (κ1) is 20.0. The van der Waals surface area contributed by atoms with E-state index in [1.54, 1.807) is 42.2 Å². The van der Waals surface area contributed by atoms with Crippen LogP contribution < -0.4 is 10.2 Å². The zero-order valence-electron chi connectivity index (χ0n) is 16.7. The van der Waals surface area contributed by atoms with Gasteiger partial charge < -0.3 is 10.2 Å². The molecule has 0 fully saturated rings. The maximum atomic E-state index is 12.9. The predicted molar refractivity (Wildman–Crippen MR) is 114 cm³/mol. The fourth-order valence-corrected chi connectivity index (χ4v) is 3.68. The number of hydrogen-bond donors (Lipinski definition) is 1. The average Bonchev–Trinajstić information content (AvgIpc) is 3.36. The van der Waals surface area contributed by atoms with E-state index in [-0.39, 0.29) is 11.8 Å². The molecule has 30 heavy (non-hydrogen) atoms. The van der Waals surface area contributed by atoms with Crippen molar-refractivity contribution in [2.24, 2.45) is 0 Å². The first-order valence-electron chi connectivity index (χ1n) is 9.73. The number of anilines is 2. The van der Waals surface area contributed by atoms with Gasteiger partial charge in [-0.3, -0.25) is 9.59 Å². The van der Waals surface area contributed by atoms with Crippen molar-refractivity contribution < 1.29 is 9.59 Å². The van der Waals surface area contributed by atoms with E-state index in [9.17, 15) is 9.59 Å². The van der Waals surface area contributed by atoms with Crippen molar-refractivity contribution in [3.8, 4) is 11.4 Å². The van der Waals surface area contributed by atoms with Crippen LogP contribution in [0.4, 0.5) is 11.4 Å². The smallest absolute Gasteiger partial charge is 0.251 e. The summed E-state index contributed by atoms with van der Waals surface area (Å²) in [5.74, 6) is 0.226. The van der Waals surface area contributed by atoms with Gasteiger partial charge in [0.05, 0.1) is 0 Å². The second-order valence-corrected chi connectivity index (χ2v) is 7.55. The van der Waals surface area contributed by atoms with Crippen molar-refractivity contribution in [1.82, 2.24) is 20.2 Å². The van der Waals surface area contributed by atoms with Crippen LogP contribution in [0.2, 0.25) is 5.02 Å². The number of halogens is 1. The summed E-state index contributed by atoms with van der Waals surface area (Å²) in [5, 5.41) is 16.1. The lowest BCUT2D eigenvalue weighted by atomic mass is 10.1. The van der Waals surface area contributed by atoms with E-state index in [2.05, 4.69) is 20.7 Å². The van der Waals surface area contributed by atoms with Crippen LogP contribution in [0.5, 0.6) is 0 Å². The molecule has 0 aliphatic carbocycles. The number of tetrazole rings is 1. The molecule has 1 unspecified atom stereocenters. The number of carbonyl (C=O) groups is 2. The summed E-state index contributed by atoms with van der Waals surface area (Å²) in [7, 11) is 0. The van der Waals surface area contributed by atoms with Gasteiger partial charge in [-0.15, -0.1) is 10.2 Å². The molecule has 1 aliphatic rings. The molecule has 1 atom stereocenters. The number of amides is 2. The van der Waals surface area contributed by atoms with Gasteiger partial charge in [-0.25, -0.2) is 0 Å². The number of nitrogens with zero attached hydrogens (tertiary/aromatic N) is 5. The first-order valence-corrected chi connectivity index (χ1v) is 10.1. The second kappa shape index (κ2) is 8.23. The molecule has 2 amide bonds. The topological polar surface area (TPSA) is 93.0 Å². The van der Waals surface area contributed by atoms with Gasteiger partial charge in [-0.1, -0.05) is 18.5 Å². The molecule has 154 valence electrons. The Hall–Kier alpha value is -3.26. The Balaban J connectivity index is 1.50. The summed E-state index contributed by atoms with van der Waals surface area (Å²) in [4.78, 5) is 27.7. The van der Waals surface area contributed by atoms with Crippen molar-refractivity contribution in [2.75, 3.05) is 16.8 Å². The maximum absolute atomic E-state index is 12.9. The third-order valence-electron chi connectivity index (χ3n) is 5.12. The molecule has 0 bridgehead atoms. The zero-order chi connectivity index (χ0) is 21.3. The largest absolute Gasteiger partial charge is 0.324 e. The van der Waals surface area contributed by atoms with E-state index >= 15 is 0 Å². The zero-order valence-corrected chi connectivity index (χ0v) is 17.4. The van der Waals surface area contributed by atoms with Gasteiger partial charge >= 0.3 is 0 Å². The molecule has 0 saturated carbocycles. The normalized spacial score (nSPS) is 13.8. The summed E-state index contributed by atoms with van der Waals surface area (Å²) in [5.41, 5.74) is 3.40. The molecule has 1 aromatic heterocycles. The van der Waals surface area contributed by atoms with Crippen LogP contribution in [0.15, 0.2) is 42.5 Å². The molecule has 9 heteroatoms. The number of hydrogen-bond acceptors (Lipinski definition) is 5. The number of aromatic nitrogens is 4. The van der Waals surface area contributed by atoms with Crippen molar-refractivity contribution in [1.29, 1.82) is 0 Å². The molecule has 1 aliphatic heterocycles. The summed E-state index contributed by atoms with van der Waals surface area (Å²) < 4.78 is 0. The third kappa shape index (κ3) is 3.91. The van der Waals surface area contributed by atoms with E-state index in [1.165, 1.54) is 4.80 Å². The first-order chi connectivity index (χ1) is 14.5. The van der Waals surface area contributed by atoms with Crippen molar-refractivity contribution in [3.63, 3.8) is 0 Å². The fourth-order valence-electron chi connectivity index (χ4n) is 3.56. The Labute approximate surface area is 178 Å². The van der Waals surface area contributed by atoms with Crippen molar-refractivity contribution >= 4 is 34.8 Å². The third-order valence-corrected chi connectivity index (χ3v) is 5.37. The van der Waals surface area contributed by atoms with E-state index in [4.69, 9.17) is 11.6 Å². The minimum Gasteiger partial charge on any atom is -0.324 e. The highest BCUT2D eigenvalue weighted by molar-refractivity contribution is 6.30. The van der Waals surface area contributed by atoms with Crippen molar-refractivity contribution in [3.05, 3.63) is 53.1 Å². The molecule has 0 radical (unpaired) electrons. The Morgan fingerprint density at radius 2 is 1.97 bits per heavy atom. The lowest BCUT2D eigenvalue weighted by Crippen LogP contribution is -2.27. The molecular weight excluding hydrogens is 404 g/mol. The van der Waals surface area contributed by atoms with Crippen LogP contribution in [0.25, 0.3) is 11.4 Å². The number of rotatable bonds is 5. The SMILES string of the molecule is CCC(C(=O)Nc1ccc2c(c1)CCN2C(C)=O)n1nnc(-c2ccc(Cl)cc2)n1. The lowest BCUT2D eigenvalue weighted by Gasteiger charge is -2.16. The molecule has 1 N–H and O–H groups in total. The quantitative estimate of drug-likeness (QED) is 0.676. The van der Waals surface area contributed by atoms with Gasteiger partial charge in [0.25, 0.3) is 5.91 Å². The summed E-state index contributed by atoms with van der Waals surface area (Å²) in [6.07, 6.45) is 1.27. The predicted octanol–water partition coefficient (Wildman–Crippen LogP) is 3.49. The van der Waals surface area contributed by atoms with Gasteiger partial charge in [-0.05, 0) is 66.1 Å². The standard InChI is InChI=1S/C21H21ClN6O2/c1-3-18(28-25-20(24-26-28)14-4-6-16(22)7-5-14)21(30)23-17-8-9-19-15(12-17)10-11-27(19)13(2)29/h4-9,12,18H,3,10-11H2,1-2H3,(H,23,30). The molecule has 4 rings (SSSR count). The molecule has 0 saturated heterocycles. The lowest BCUT2D eigenvalue weighted by molar-refractivity contribution is -0.120. The highest BCUT2D eigenvalue weighted by Crippen LogP contribution is 2.31. The highest BCUT2D eigenvalue weighted by atomic mass is 35.5. The molecule has 8 nitrogen and oxygen atoms in total. The van der Waals surface area contributed by atoms with Crippen LogP contribution in [-0.4, -0.2) is 38.6 Å². The summed E-state index contributed by atoms with van der Waals surface area (Å²) in [6, 6.07) is 12.1. The van der Waals surface area contributed by atoms with Gasteiger partial charge in [0.1, 0.15) is 0 Å². The van der Waals surface area contributed by atoms with Crippen LogP contribution >= 0.6 is 11.6 Å². The molecule has 2 aromatic carbocycles. The second-order valence-electron chi connectivity index (χ2n) is 7.12. The van der Waals surface area contributed by atoms with Crippen LogP contribution in [-0.2, 0) is 16.0 Å². The van der Waals surface area contributed by atoms with Crippen LogP contribution in [0.1, 0.15) is 31.9 Å². The Morgan fingerprint density at radius 3 is 2.67 bits per heavy atom. The molecule has 0 spiro atoms. The minimum atomic E-state index is -0.597. The maximum Gasteiger partial charge on any atom is 0.251 e. The highest BCUT2D eigenvalue weighted by Gasteiger charge is 2.25.